The number of hydrogen-bond donors (Lipinski definition) is 7. The van der Waals surface area contributed by atoms with Crippen molar-refractivity contribution < 1.29 is 68.2 Å². The van der Waals surface area contributed by atoms with Gasteiger partial charge >= 0.3 is 24.6 Å². The smallest absolute Gasteiger partial charge is 0.416 e. The summed E-state index contributed by atoms with van der Waals surface area (Å²) in [5.74, 6) is -1.17. The van der Waals surface area contributed by atoms with Crippen LogP contribution in [-0.4, -0.2) is 92.5 Å². The van der Waals surface area contributed by atoms with Gasteiger partial charge in [-0.05, 0) is 175 Å². The van der Waals surface area contributed by atoms with Crippen molar-refractivity contribution in [1.82, 2.24) is 35.5 Å². The van der Waals surface area contributed by atoms with E-state index in [0.29, 0.717) is 62.8 Å². The van der Waals surface area contributed by atoms with E-state index in [-0.39, 0.29) is 28.6 Å². The Balaban J connectivity index is 0.000000174. The minimum atomic E-state index is -4.39. The molecule has 0 aliphatic carbocycles. The summed E-state index contributed by atoms with van der Waals surface area (Å²) in [7, 11) is 0. The van der Waals surface area contributed by atoms with Gasteiger partial charge in [0, 0.05) is 44.9 Å². The monoisotopic (exact) mass is 1380 g/mol. The maximum Gasteiger partial charge on any atom is 0.416 e. The summed E-state index contributed by atoms with van der Waals surface area (Å²) >= 11 is 5.57. The molecule has 2 aromatic heterocycles. The lowest BCUT2D eigenvalue weighted by Crippen LogP contribution is -2.40. The van der Waals surface area contributed by atoms with Crippen LogP contribution in [0.15, 0.2) is 140 Å². The van der Waals surface area contributed by atoms with Gasteiger partial charge in [0.1, 0.15) is 34.7 Å². The first-order valence-corrected chi connectivity index (χ1v) is 30.9. The number of aromatic nitrogens is 4. The Kier molecular flexibility index (Phi) is 23.4. The van der Waals surface area contributed by atoms with Gasteiger partial charge in [-0.3, -0.25) is 19.2 Å². The molecule has 29 heteroatoms. The van der Waals surface area contributed by atoms with Crippen molar-refractivity contribution in [3.8, 4) is 33.4 Å². The third-order valence-corrected chi connectivity index (χ3v) is 15.7. The van der Waals surface area contributed by atoms with Crippen LogP contribution in [0.25, 0.3) is 33.4 Å². The lowest BCUT2D eigenvalue weighted by molar-refractivity contribution is -0.138. The Bertz CT molecular complexity index is 4170. The quantitative estimate of drug-likeness (QED) is 0.0245. The highest BCUT2D eigenvalue weighted by atomic mass is 35.5. The molecule has 0 unspecified atom stereocenters. The van der Waals surface area contributed by atoms with Crippen LogP contribution in [0.1, 0.15) is 106 Å². The second kappa shape index (κ2) is 31.2. The number of alkyl halides is 9. The van der Waals surface area contributed by atoms with Crippen LogP contribution in [0.4, 0.5) is 61.9 Å². The molecule has 3 aliphatic rings. The van der Waals surface area contributed by atoms with Gasteiger partial charge in [0.05, 0.1) is 22.9 Å². The van der Waals surface area contributed by atoms with Crippen molar-refractivity contribution >= 4 is 59.4 Å². The number of nitrogens with two attached hydrogens (primary N) is 3. The Morgan fingerprint density at radius 1 is 0.571 bits per heavy atom. The first-order chi connectivity index (χ1) is 46.1. The van der Waals surface area contributed by atoms with Crippen LogP contribution >= 0.6 is 11.6 Å². The minimum absolute atomic E-state index is 0.0279. The Hall–Kier alpha value is -10.4. The molecular formula is C69H69ClF9N13O6. The van der Waals surface area contributed by atoms with E-state index in [1.807, 2.05) is 74.2 Å². The highest BCUT2D eigenvalue weighted by Crippen LogP contribution is 2.38. The molecule has 8 aromatic rings. The van der Waals surface area contributed by atoms with Gasteiger partial charge < -0.3 is 53.0 Å². The summed E-state index contributed by atoms with van der Waals surface area (Å²) in [6, 6.07) is 35.2. The van der Waals surface area contributed by atoms with E-state index >= 15 is 0 Å². The van der Waals surface area contributed by atoms with E-state index in [0.717, 1.165) is 106 Å². The molecule has 0 spiro atoms. The molecule has 10 N–H and O–H groups in total. The number of nitrogens with zero attached hydrogens (tertiary/aromatic N) is 6. The molecule has 5 heterocycles. The topological polar surface area (TPSA) is 279 Å². The zero-order valence-electron chi connectivity index (χ0n) is 53.5. The van der Waals surface area contributed by atoms with Crippen LogP contribution in [0.5, 0.6) is 0 Å². The largest absolute Gasteiger partial charge is 0.444 e. The molecule has 0 bridgehead atoms. The number of anilines is 3. The predicted molar refractivity (Wildman–Crippen MR) is 352 cm³/mol. The van der Waals surface area contributed by atoms with E-state index in [1.165, 1.54) is 47.5 Å². The summed E-state index contributed by atoms with van der Waals surface area (Å²) in [5.41, 5.74) is 24.7. The summed E-state index contributed by atoms with van der Waals surface area (Å²) < 4.78 is 120. The zero-order chi connectivity index (χ0) is 71.4. The SMILES string of the molecule is CC(C)(C)OC(=O)N1CCc2c(cccc2-c2ccc(C(F)(F)F)cc2)C1.C[C@@H](NC=O)Nc1cc(C(N)=O)nc(N2CCc3c(cccc3-c3ccc(C(F)(F)F)cc3)C2)n1.C[C@H](Nc1cc(C(N)=O)nc(Cl)n1)C(N)=O.FC(F)(F)c1ccc(-c2cccc3c2CCNC3)cc1. The van der Waals surface area contributed by atoms with Crippen molar-refractivity contribution in [1.29, 1.82) is 0 Å². The van der Waals surface area contributed by atoms with Gasteiger partial charge in [0.15, 0.2) is 0 Å². The fraction of sp³-hybridized carbons (Fsp3) is 0.290. The van der Waals surface area contributed by atoms with E-state index in [4.69, 9.17) is 33.5 Å². The number of ether oxygens (including phenoxy) is 1. The average molecular weight is 1380 g/mol. The summed E-state index contributed by atoms with van der Waals surface area (Å²) in [5, 5.41) is 11.3. The first kappa shape index (κ1) is 73.5. The Labute approximate surface area is 562 Å². The molecule has 19 nitrogen and oxygen atoms in total. The molecule has 0 fully saturated rings. The number of halogens is 10. The van der Waals surface area contributed by atoms with Crippen LogP contribution in [0.3, 0.4) is 0 Å². The van der Waals surface area contributed by atoms with Crippen LogP contribution in [0, 0.1) is 0 Å². The predicted octanol–water partition coefficient (Wildman–Crippen LogP) is 12.5. The highest BCUT2D eigenvalue weighted by Gasteiger charge is 2.34. The number of nitrogens with one attached hydrogen (secondary N) is 4. The maximum absolute atomic E-state index is 12.9. The summed E-state index contributed by atoms with van der Waals surface area (Å²) in [6.07, 6.45) is -11.1. The zero-order valence-corrected chi connectivity index (χ0v) is 54.3. The molecule has 11 rings (SSSR count). The molecule has 5 amide bonds. The standard InChI is InChI=1S/C24H23F3N6O2.C21H22F3NO2.C16H14F3N.C8H10ClN5O2/c1-14(29-13-34)30-21-11-20(22(28)35)31-23(32-21)33-10-9-19-16(12-33)3-2-4-18(19)15-5-7-17(8-6-15)24(25,26)27;1-20(2,3)27-19(26)25-12-11-18-15(13-25)5-4-6-17(18)14-7-9-16(10-8-14)21(22,23)24;17-16(18,19)13-6-4-11(5-7-13)14-3-1-2-12-10-20-9-8-15(12)14;1-3(6(10)15)12-5-2-4(7(11)16)13-8(9)14-5/h2-8,11,13-14H,9-10,12H2,1H3,(H2,28,35)(H,29,34)(H,30,31,32);4-10H,11-13H2,1-3H3;1-7,20H,8-10H2;2-3H,1H3,(H2,10,15)(H2,11,16)(H,12,13,14)/t14-;;;3-/m0..0/s1. The minimum Gasteiger partial charge on any atom is -0.444 e. The van der Waals surface area contributed by atoms with E-state index in [1.54, 1.807) is 30.9 Å². The Morgan fingerprint density at radius 3 is 1.46 bits per heavy atom. The third-order valence-electron chi connectivity index (χ3n) is 15.6. The van der Waals surface area contributed by atoms with Crippen LogP contribution in [0.2, 0.25) is 5.28 Å². The molecule has 98 heavy (non-hydrogen) atoms. The van der Waals surface area contributed by atoms with Crippen molar-refractivity contribution in [3.05, 3.63) is 206 Å². The van der Waals surface area contributed by atoms with E-state index < -0.39 is 70.7 Å². The molecule has 2 atom stereocenters. The summed E-state index contributed by atoms with van der Waals surface area (Å²) in [6.45, 7) is 12.4. The molecule has 0 radical (unpaired) electrons. The Morgan fingerprint density at radius 2 is 1.01 bits per heavy atom. The average Bonchev–Trinajstić information content (AvgIpc) is 0.793. The number of amides is 5. The molecule has 516 valence electrons. The van der Waals surface area contributed by atoms with E-state index in [2.05, 4.69) is 47.3 Å². The van der Waals surface area contributed by atoms with Crippen molar-refractivity contribution in [2.45, 2.75) is 110 Å². The number of fused-ring (bicyclic) bond motifs is 3. The van der Waals surface area contributed by atoms with Gasteiger partial charge in [0.2, 0.25) is 23.5 Å². The van der Waals surface area contributed by atoms with Gasteiger partial charge in [-0.1, -0.05) is 91.0 Å². The van der Waals surface area contributed by atoms with Crippen molar-refractivity contribution in [2.75, 3.05) is 35.2 Å². The second-order valence-corrected chi connectivity index (χ2v) is 24.1. The van der Waals surface area contributed by atoms with Gasteiger partial charge in [-0.25, -0.2) is 19.7 Å². The van der Waals surface area contributed by atoms with Gasteiger partial charge in [-0.2, -0.15) is 44.5 Å². The number of primary amides is 3. The van der Waals surface area contributed by atoms with Gasteiger partial charge in [0.25, 0.3) is 11.8 Å². The molecule has 0 saturated heterocycles. The highest BCUT2D eigenvalue weighted by molar-refractivity contribution is 6.28. The fourth-order valence-electron chi connectivity index (χ4n) is 10.8. The molecule has 0 saturated carbocycles. The normalized spacial score (nSPS) is 14.1. The number of rotatable bonds is 13. The van der Waals surface area contributed by atoms with Crippen LogP contribution in [-0.2, 0) is 71.8 Å². The lowest BCUT2D eigenvalue weighted by Gasteiger charge is -2.32. The fourth-order valence-corrected chi connectivity index (χ4v) is 11.0. The van der Waals surface area contributed by atoms with Gasteiger partial charge in [-0.15, -0.1) is 0 Å². The summed E-state index contributed by atoms with van der Waals surface area (Å²) in [4.78, 5) is 76.2. The maximum atomic E-state index is 12.9. The number of carbonyl (C=O) groups is 5. The molecule has 6 aromatic carbocycles. The van der Waals surface area contributed by atoms with Crippen LogP contribution < -0.4 is 43.4 Å². The third kappa shape index (κ3) is 19.7. The van der Waals surface area contributed by atoms with E-state index in [9.17, 15) is 63.5 Å². The first-order valence-electron chi connectivity index (χ1n) is 30.5. The number of hydrogen-bond acceptors (Lipinski definition) is 14. The molecule has 3 aliphatic heterocycles. The molecular weight excluding hydrogens is 1310 g/mol. The second-order valence-electron chi connectivity index (χ2n) is 23.8. The van der Waals surface area contributed by atoms with Crippen molar-refractivity contribution in [2.24, 2.45) is 17.2 Å². The number of benzene rings is 6. The van der Waals surface area contributed by atoms with Crippen molar-refractivity contribution in [3.63, 3.8) is 0 Å². The lowest BCUT2D eigenvalue weighted by atomic mass is 9.90. The number of carbonyl (C=O) groups excluding carboxylic acids is 5.